The predicted octanol–water partition coefficient (Wildman–Crippen LogP) is 0.252. The average molecular weight is 206 g/mol. The molecule has 3 nitrogen and oxygen atoms in total. The third-order valence-corrected chi connectivity index (χ3v) is 2.42. The van der Waals surface area contributed by atoms with Crippen LogP contribution in [0.2, 0.25) is 0 Å². The molecule has 0 bridgehead atoms. The first-order valence-electron chi connectivity index (χ1n) is 4.77. The molecule has 0 amide bonds. The number of aliphatic hydroxyl groups excluding tert-OH is 1. The molecule has 0 rings (SSSR count). The molecule has 2 N–H and O–H groups in total. The van der Waals surface area contributed by atoms with Gasteiger partial charge < -0.3 is 15.3 Å². The number of nitrogens with one attached hydrogen (secondary N) is 1. The summed E-state index contributed by atoms with van der Waals surface area (Å²) in [4.78, 5) is 2.17. The van der Waals surface area contributed by atoms with Gasteiger partial charge in [-0.3, -0.25) is 0 Å². The van der Waals surface area contributed by atoms with Gasteiger partial charge in [-0.2, -0.15) is 11.8 Å². The van der Waals surface area contributed by atoms with Crippen molar-refractivity contribution in [2.45, 2.75) is 13.0 Å². The Balaban J connectivity index is 3.35. The quantitative estimate of drug-likeness (QED) is 0.597. The molecule has 0 saturated carbocycles. The van der Waals surface area contributed by atoms with Gasteiger partial charge in [0.25, 0.3) is 0 Å². The van der Waals surface area contributed by atoms with Crippen molar-refractivity contribution in [1.29, 1.82) is 0 Å². The molecule has 0 aliphatic heterocycles. The van der Waals surface area contributed by atoms with E-state index in [1.54, 1.807) is 0 Å². The zero-order valence-corrected chi connectivity index (χ0v) is 9.73. The number of thioether (sulfide) groups is 1. The Morgan fingerprint density at radius 2 is 2.23 bits per heavy atom. The highest BCUT2D eigenvalue weighted by Gasteiger charge is 2.06. The van der Waals surface area contributed by atoms with Gasteiger partial charge in [-0.15, -0.1) is 0 Å². The zero-order valence-electron chi connectivity index (χ0n) is 8.92. The maximum Gasteiger partial charge on any atom is 0.0791 e. The molecule has 0 aliphatic rings. The first kappa shape index (κ1) is 13.2. The molecule has 13 heavy (non-hydrogen) atoms. The lowest BCUT2D eigenvalue weighted by molar-refractivity contribution is 0.127. The minimum atomic E-state index is -0.244. The van der Waals surface area contributed by atoms with E-state index in [9.17, 15) is 5.11 Å². The van der Waals surface area contributed by atoms with Crippen LogP contribution in [0.1, 0.15) is 6.92 Å². The SMILES string of the molecule is CCNCC(O)CN(C)CCSC. The second kappa shape index (κ2) is 8.81. The molecular formula is C9H22N2OS. The number of rotatable bonds is 8. The Labute approximate surface area is 85.9 Å². The Bertz CT molecular complexity index is 102. The smallest absolute Gasteiger partial charge is 0.0791 e. The van der Waals surface area contributed by atoms with Crippen LogP contribution in [0, 0.1) is 0 Å². The van der Waals surface area contributed by atoms with Crippen LogP contribution >= 0.6 is 11.8 Å². The lowest BCUT2D eigenvalue weighted by atomic mass is 10.3. The van der Waals surface area contributed by atoms with E-state index in [0.29, 0.717) is 6.54 Å². The molecule has 1 atom stereocenters. The van der Waals surface area contributed by atoms with E-state index < -0.39 is 0 Å². The Morgan fingerprint density at radius 1 is 1.54 bits per heavy atom. The van der Waals surface area contributed by atoms with E-state index >= 15 is 0 Å². The minimum Gasteiger partial charge on any atom is -0.390 e. The van der Waals surface area contributed by atoms with Gasteiger partial charge in [-0.1, -0.05) is 6.92 Å². The van der Waals surface area contributed by atoms with Crippen LogP contribution in [-0.2, 0) is 0 Å². The molecule has 80 valence electrons. The summed E-state index contributed by atoms with van der Waals surface area (Å²) in [5, 5.41) is 12.7. The van der Waals surface area contributed by atoms with Crippen molar-refractivity contribution in [3.63, 3.8) is 0 Å². The maximum atomic E-state index is 9.54. The summed E-state index contributed by atoms with van der Waals surface area (Å²) in [6.07, 6.45) is 1.86. The fourth-order valence-corrected chi connectivity index (χ4v) is 1.57. The Hall–Kier alpha value is 0.230. The molecule has 0 aliphatic carbocycles. The summed E-state index contributed by atoms with van der Waals surface area (Å²) in [6, 6.07) is 0. The molecule has 0 heterocycles. The largest absolute Gasteiger partial charge is 0.390 e. The second-order valence-corrected chi connectivity index (χ2v) is 4.20. The van der Waals surface area contributed by atoms with E-state index in [1.807, 2.05) is 25.7 Å². The molecule has 4 heteroatoms. The molecule has 0 spiro atoms. The van der Waals surface area contributed by atoms with Crippen molar-refractivity contribution in [1.82, 2.24) is 10.2 Å². The van der Waals surface area contributed by atoms with Crippen LogP contribution < -0.4 is 5.32 Å². The van der Waals surface area contributed by atoms with Gasteiger partial charge >= 0.3 is 0 Å². The molecule has 1 unspecified atom stereocenters. The monoisotopic (exact) mass is 206 g/mol. The van der Waals surface area contributed by atoms with Crippen molar-refractivity contribution in [2.24, 2.45) is 0 Å². The van der Waals surface area contributed by atoms with E-state index in [1.165, 1.54) is 0 Å². The number of nitrogens with zero attached hydrogens (tertiary/aromatic N) is 1. The first-order chi connectivity index (χ1) is 6.20. The van der Waals surface area contributed by atoms with Gasteiger partial charge in [-0.25, -0.2) is 0 Å². The van der Waals surface area contributed by atoms with Crippen LogP contribution in [-0.4, -0.2) is 61.3 Å². The van der Waals surface area contributed by atoms with Gasteiger partial charge in [0.1, 0.15) is 0 Å². The number of hydrogen-bond acceptors (Lipinski definition) is 4. The topological polar surface area (TPSA) is 35.5 Å². The van der Waals surface area contributed by atoms with E-state index in [4.69, 9.17) is 0 Å². The van der Waals surface area contributed by atoms with Gasteiger partial charge in [0, 0.05) is 25.4 Å². The van der Waals surface area contributed by atoms with Crippen molar-refractivity contribution in [3.05, 3.63) is 0 Å². The standard InChI is InChI=1S/C9H22N2OS/c1-4-10-7-9(12)8-11(2)5-6-13-3/h9-10,12H,4-8H2,1-3H3. The fraction of sp³-hybridized carbons (Fsp3) is 1.00. The van der Waals surface area contributed by atoms with Crippen molar-refractivity contribution in [3.8, 4) is 0 Å². The Morgan fingerprint density at radius 3 is 2.77 bits per heavy atom. The number of aliphatic hydroxyl groups is 1. The predicted molar refractivity (Wildman–Crippen MR) is 60.4 cm³/mol. The van der Waals surface area contributed by atoms with Crippen LogP contribution in [0.4, 0.5) is 0 Å². The lowest BCUT2D eigenvalue weighted by Gasteiger charge is -2.20. The van der Waals surface area contributed by atoms with Crippen LogP contribution in [0.5, 0.6) is 0 Å². The van der Waals surface area contributed by atoms with E-state index in [-0.39, 0.29) is 6.10 Å². The number of likely N-dealkylation sites (N-methyl/N-ethyl adjacent to an activating group) is 2. The average Bonchev–Trinajstić information content (AvgIpc) is 2.11. The van der Waals surface area contributed by atoms with Gasteiger partial charge in [0.2, 0.25) is 0 Å². The molecular weight excluding hydrogens is 184 g/mol. The molecule has 0 saturated heterocycles. The number of hydrogen-bond donors (Lipinski definition) is 2. The Kier molecular flexibility index (Phi) is 8.97. The normalized spacial score (nSPS) is 13.6. The molecule has 0 fully saturated rings. The summed E-state index contributed by atoms with van der Waals surface area (Å²) in [5.74, 6) is 1.13. The van der Waals surface area contributed by atoms with Gasteiger partial charge in [-0.05, 0) is 19.8 Å². The summed E-state index contributed by atoms with van der Waals surface area (Å²) < 4.78 is 0. The highest BCUT2D eigenvalue weighted by atomic mass is 32.2. The maximum absolute atomic E-state index is 9.54. The van der Waals surface area contributed by atoms with Crippen LogP contribution in [0.25, 0.3) is 0 Å². The third-order valence-electron chi connectivity index (χ3n) is 1.83. The summed E-state index contributed by atoms with van der Waals surface area (Å²) in [6.45, 7) is 5.47. The van der Waals surface area contributed by atoms with Crippen molar-refractivity contribution >= 4 is 11.8 Å². The summed E-state index contributed by atoms with van der Waals surface area (Å²) in [7, 11) is 2.05. The second-order valence-electron chi connectivity index (χ2n) is 3.22. The summed E-state index contributed by atoms with van der Waals surface area (Å²) in [5.41, 5.74) is 0. The highest BCUT2D eigenvalue weighted by Crippen LogP contribution is 1.94. The molecule has 0 aromatic rings. The molecule has 0 radical (unpaired) electrons. The van der Waals surface area contributed by atoms with Crippen LogP contribution in [0.3, 0.4) is 0 Å². The van der Waals surface area contributed by atoms with E-state index in [2.05, 4.69) is 16.5 Å². The molecule has 0 aromatic carbocycles. The van der Waals surface area contributed by atoms with Gasteiger partial charge in [0.15, 0.2) is 0 Å². The summed E-state index contributed by atoms with van der Waals surface area (Å²) >= 11 is 1.84. The highest BCUT2D eigenvalue weighted by molar-refractivity contribution is 7.98. The minimum absolute atomic E-state index is 0.244. The van der Waals surface area contributed by atoms with Gasteiger partial charge in [0.05, 0.1) is 6.10 Å². The van der Waals surface area contributed by atoms with E-state index in [0.717, 1.165) is 25.4 Å². The first-order valence-corrected chi connectivity index (χ1v) is 6.16. The fourth-order valence-electron chi connectivity index (χ4n) is 1.07. The zero-order chi connectivity index (χ0) is 10.1. The molecule has 0 aromatic heterocycles. The van der Waals surface area contributed by atoms with Crippen molar-refractivity contribution < 1.29 is 5.11 Å². The lowest BCUT2D eigenvalue weighted by Crippen LogP contribution is -2.37. The third kappa shape index (κ3) is 8.56. The van der Waals surface area contributed by atoms with Crippen LogP contribution in [0.15, 0.2) is 0 Å². The van der Waals surface area contributed by atoms with Crippen molar-refractivity contribution in [2.75, 3.05) is 45.2 Å².